The molecule has 2 aromatic carbocycles. The second-order valence-corrected chi connectivity index (χ2v) is 10.7. The van der Waals surface area contributed by atoms with Crippen LogP contribution in [-0.4, -0.2) is 35.2 Å². The average molecular weight is 458 g/mol. The van der Waals surface area contributed by atoms with Gasteiger partial charge in [-0.05, 0) is 79.8 Å². The highest BCUT2D eigenvalue weighted by atomic mass is 32.2. The molecule has 2 atom stereocenters. The van der Waals surface area contributed by atoms with Crippen molar-refractivity contribution in [3.63, 3.8) is 0 Å². The molecule has 2 aliphatic rings. The molecule has 0 spiro atoms. The number of hydrogen-bond acceptors (Lipinski definition) is 4. The van der Waals surface area contributed by atoms with Gasteiger partial charge >= 0.3 is 0 Å². The molecule has 2 aliphatic heterocycles. The van der Waals surface area contributed by atoms with Crippen molar-refractivity contribution >= 4 is 16.7 Å². The summed E-state index contributed by atoms with van der Waals surface area (Å²) in [7, 11) is -1.36. The van der Waals surface area contributed by atoms with Crippen LogP contribution in [-0.2, 0) is 28.8 Å². The monoisotopic (exact) mass is 457 g/mol. The number of nitrogens with zero attached hydrogens (tertiary/aromatic N) is 1. The Morgan fingerprint density at radius 1 is 1.16 bits per heavy atom. The summed E-state index contributed by atoms with van der Waals surface area (Å²) in [5.41, 5.74) is 4.32. The zero-order chi connectivity index (χ0) is 22.7. The van der Waals surface area contributed by atoms with Gasteiger partial charge in [0.2, 0.25) is 0 Å². The van der Waals surface area contributed by atoms with E-state index in [9.17, 15) is 9.32 Å². The fourth-order valence-corrected chi connectivity index (χ4v) is 5.96. The molecular weight excluding hydrogens is 422 g/mol. The van der Waals surface area contributed by atoms with E-state index in [1.54, 1.807) is 0 Å². The quantitative estimate of drug-likeness (QED) is 0.638. The average Bonchev–Trinajstić information content (AvgIpc) is 2.82. The summed E-state index contributed by atoms with van der Waals surface area (Å²) < 4.78 is 27.2. The number of rotatable bonds is 7. The number of anilines is 1. The Bertz CT molecular complexity index is 955. The molecule has 6 heteroatoms. The van der Waals surface area contributed by atoms with Crippen LogP contribution in [0.1, 0.15) is 62.6 Å². The van der Waals surface area contributed by atoms with Crippen LogP contribution >= 0.6 is 0 Å². The van der Waals surface area contributed by atoms with Crippen LogP contribution in [0.3, 0.4) is 0 Å². The van der Waals surface area contributed by atoms with Gasteiger partial charge in [-0.25, -0.2) is 4.21 Å². The zero-order valence-electron chi connectivity index (χ0n) is 19.4. The summed E-state index contributed by atoms with van der Waals surface area (Å²) in [5.74, 6) is 1.62. The van der Waals surface area contributed by atoms with Gasteiger partial charge in [0.05, 0.1) is 23.8 Å². The Morgan fingerprint density at radius 2 is 1.94 bits per heavy atom. The summed E-state index contributed by atoms with van der Waals surface area (Å²) in [6.07, 6.45) is 3.98. The van der Waals surface area contributed by atoms with Gasteiger partial charge in [0.15, 0.2) is 11.0 Å². The Kier molecular flexibility index (Phi) is 7.54. The first kappa shape index (κ1) is 23.3. The van der Waals surface area contributed by atoms with Crippen LogP contribution in [0.15, 0.2) is 41.3 Å². The number of fused-ring (bicyclic) bond motifs is 1. The van der Waals surface area contributed by atoms with Crippen LogP contribution in [0.4, 0.5) is 5.69 Å². The lowest BCUT2D eigenvalue weighted by Gasteiger charge is -2.36. The van der Waals surface area contributed by atoms with Crippen molar-refractivity contribution in [1.29, 1.82) is 0 Å². The summed E-state index contributed by atoms with van der Waals surface area (Å²) in [6, 6.07) is 12.3. The van der Waals surface area contributed by atoms with Crippen LogP contribution in [0.2, 0.25) is 0 Å². The lowest BCUT2D eigenvalue weighted by molar-refractivity contribution is 0.0494. The van der Waals surface area contributed by atoms with E-state index >= 15 is 0 Å². The van der Waals surface area contributed by atoms with Crippen LogP contribution < -0.4 is 9.04 Å². The van der Waals surface area contributed by atoms with E-state index in [4.69, 9.17) is 9.47 Å². The number of ether oxygens (including phenoxy) is 2. The van der Waals surface area contributed by atoms with Crippen molar-refractivity contribution in [3.8, 4) is 5.75 Å². The molecule has 1 saturated heterocycles. The summed E-state index contributed by atoms with van der Waals surface area (Å²) >= 11 is 0. The molecule has 0 aliphatic carbocycles. The third-order valence-electron chi connectivity index (χ3n) is 6.64. The minimum atomic E-state index is -1.36. The summed E-state index contributed by atoms with van der Waals surface area (Å²) in [4.78, 5) is 0.695. The molecule has 2 unspecified atom stereocenters. The predicted octanol–water partition coefficient (Wildman–Crippen LogP) is 4.97. The van der Waals surface area contributed by atoms with Crippen LogP contribution in [0.5, 0.6) is 5.75 Å². The first-order valence-corrected chi connectivity index (χ1v) is 12.9. The molecule has 32 heavy (non-hydrogen) atoms. The molecule has 2 heterocycles. The smallest absolute Gasteiger partial charge is 0.153 e. The summed E-state index contributed by atoms with van der Waals surface area (Å²) in [6.45, 7) is 8.58. The van der Waals surface area contributed by atoms with Gasteiger partial charge in [0.1, 0.15) is 5.75 Å². The van der Waals surface area contributed by atoms with Crippen molar-refractivity contribution in [3.05, 3.63) is 53.1 Å². The number of benzene rings is 2. The highest BCUT2D eigenvalue weighted by Gasteiger charge is 2.29. The topological polar surface area (TPSA) is 59.0 Å². The molecule has 0 saturated carbocycles. The minimum Gasteiger partial charge on any atom is -0.493 e. The minimum absolute atomic E-state index is 0.141. The Hall–Kier alpha value is -1.89. The van der Waals surface area contributed by atoms with Crippen LogP contribution in [0, 0.1) is 5.92 Å². The molecule has 5 nitrogen and oxygen atoms in total. The molecule has 4 rings (SSSR count). The van der Waals surface area contributed by atoms with Gasteiger partial charge in [0, 0.05) is 24.8 Å². The van der Waals surface area contributed by atoms with Gasteiger partial charge in [-0.3, -0.25) is 4.31 Å². The second-order valence-electron chi connectivity index (χ2n) is 9.30. The molecule has 2 aromatic rings. The molecule has 0 bridgehead atoms. The molecule has 0 amide bonds. The number of aryl methyl sites for hydroxylation is 1. The van der Waals surface area contributed by atoms with Crippen molar-refractivity contribution in [2.75, 3.05) is 24.1 Å². The number of aliphatic hydroxyl groups is 1. The molecule has 0 aromatic heterocycles. The molecule has 1 fully saturated rings. The Morgan fingerprint density at radius 3 is 2.66 bits per heavy atom. The van der Waals surface area contributed by atoms with E-state index in [1.807, 2.05) is 22.5 Å². The lowest BCUT2D eigenvalue weighted by atomic mass is 9.93. The maximum atomic E-state index is 13.7. The summed E-state index contributed by atoms with van der Waals surface area (Å²) in [5, 5.41) is 9.95. The lowest BCUT2D eigenvalue weighted by Crippen LogP contribution is -2.38. The third-order valence-corrected chi connectivity index (χ3v) is 8.21. The zero-order valence-corrected chi connectivity index (χ0v) is 20.2. The van der Waals surface area contributed by atoms with E-state index in [0.29, 0.717) is 34.7 Å². The molecular formula is C26H35NO4S. The molecule has 1 N–H and O–H groups in total. The third kappa shape index (κ3) is 5.03. The predicted molar refractivity (Wildman–Crippen MR) is 129 cm³/mol. The standard InChI is InChI=1S/C26H35NO4S/c1-18(2)21-6-8-25-22(14-21)5-4-19(3)27(25)32(29)24-7-9-26(23(15-24)16-28)31-17-20-10-12-30-13-11-20/h6-9,14-15,18-20,28H,4-5,10-13,16-17H2,1-3H3. The van der Waals surface area contributed by atoms with Gasteiger partial charge in [-0.15, -0.1) is 0 Å². The number of hydrogen-bond donors (Lipinski definition) is 1. The van der Waals surface area contributed by atoms with Gasteiger partial charge in [0.25, 0.3) is 0 Å². The fraction of sp³-hybridized carbons (Fsp3) is 0.538. The van der Waals surface area contributed by atoms with Crippen molar-refractivity contribution in [2.24, 2.45) is 5.92 Å². The first-order chi connectivity index (χ1) is 15.5. The van der Waals surface area contributed by atoms with Crippen molar-refractivity contribution in [2.45, 2.75) is 69.9 Å². The first-order valence-electron chi connectivity index (χ1n) is 11.8. The van der Waals surface area contributed by atoms with E-state index in [2.05, 4.69) is 39.0 Å². The largest absolute Gasteiger partial charge is 0.493 e. The number of aliphatic hydroxyl groups excluding tert-OH is 1. The van der Waals surface area contributed by atoms with E-state index in [0.717, 1.165) is 44.6 Å². The normalized spacial score (nSPS) is 20.3. The van der Waals surface area contributed by atoms with Crippen molar-refractivity contribution in [1.82, 2.24) is 0 Å². The van der Waals surface area contributed by atoms with E-state index in [1.165, 1.54) is 11.1 Å². The van der Waals surface area contributed by atoms with E-state index < -0.39 is 11.0 Å². The SMILES string of the molecule is CC(C)c1ccc2c(c1)CCC(C)N2S(=O)c1ccc(OCC2CCOCC2)c(CO)c1. The van der Waals surface area contributed by atoms with Gasteiger partial charge in [-0.2, -0.15) is 0 Å². The van der Waals surface area contributed by atoms with E-state index in [-0.39, 0.29) is 12.6 Å². The fourth-order valence-electron chi connectivity index (χ4n) is 4.51. The Balaban J connectivity index is 1.55. The molecule has 0 radical (unpaired) electrons. The maximum absolute atomic E-state index is 13.7. The Labute approximate surface area is 194 Å². The van der Waals surface area contributed by atoms with Crippen molar-refractivity contribution < 1.29 is 18.8 Å². The highest BCUT2D eigenvalue weighted by molar-refractivity contribution is 7.86. The van der Waals surface area contributed by atoms with Gasteiger partial charge < -0.3 is 14.6 Å². The van der Waals surface area contributed by atoms with Gasteiger partial charge in [-0.1, -0.05) is 26.0 Å². The molecule has 174 valence electrons. The van der Waals surface area contributed by atoms with Crippen LogP contribution in [0.25, 0.3) is 0 Å². The second kappa shape index (κ2) is 10.4. The maximum Gasteiger partial charge on any atom is 0.153 e. The highest BCUT2D eigenvalue weighted by Crippen LogP contribution is 2.36.